The van der Waals surface area contributed by atoms with Crippen molar-refractivity contribution in [2.24, 2.45) is 0 Å². The van der Waals surface area contributed by atoms with Crippen molar-refractivity contribution in [1.29, 1.82) is 0 Å². The molecule has 0 N–H and O–H groups in total. The van der Waals surface area contributed by atoms with Gasteiger partial charge >= 0.3 is 0 Å². The largest absolute Gasteiger partial charge is 0.338 e. The predicted octanol–water partition coefficient (Wildman–Crippen LogP) is 5.10. The van der Waals surface area contributed by atoms with Crippen molar-refractivity contribution in [3.05, 3.63) is 93.9 Å². The lowest BCUT2D eigenvalue weighted by Gasteiger charge is -2.35. The summed E-state index contributed by atoms with van der Waals surface area (Å²) >= 11 is 7.60. The molecule has 2 aliphatic heterocycles. The lowest BCUT2D eigenvalue weighted by atomic mass is 10.1. The highest BCUT2D eigenvalue weighted by molar-refractivity contribution is 8.04. The second-order valence-electron chi connectivity index (χ2n) is 8.82. The van der Waals surface area contributed by atoms with Crippen LogP contribution in [-0.2, 0) is 4.79 Å². The van der Waals surface area contributed by atoms with Crippen molar-refractivity contribution in [2.75, 3.05) is 44.2 Å². The quantitative estimate of drug-likeness (QED) is 0.402. The fraction of sp³-hybridized carbons (Fsp3) is 0.296. The van der Waals surface area contributed by atoms with Crippen LogP contribution in [0, 0.1) is 5.82 Å². The average molecular weight is 524 g/mol. The number of piperazine rings is 1. The maximum atomic E-state index is 14.0. The van der Waals surface area contributed by atoms with Crippen molar-refractivity contribution >= 4 is 41.3 Å². The molecular formula is C27H27ClFN5OS. The first kappa shape index (κ1) is 24.7. The first-order valence-electron chi connectivity index (χ1n) is 12.0. The van der Waals surface area contributed by atoms with Crippen LogP contribution >= 0.6 is 23.4 Å². The summed E-state index contributed by atoms with van der Waals surface area (Å²) < 4.78 is 14.0. The van der Waals surface area contributed by atoms with Crippen LogP contribution in [0.1, 0.15) is 22.9 Å². The third kappa shape index (κ3) is 5.88. The number of nitrogens with zero attached hydrogens (tertiary/aromatic N) is 5. The van der Waals surface area contributed by atoms with E-state index in [9.17, 15) is 9.18 Å². The smallest absolute Gasteiger partial charge is 0.261 e. The van der Waals surface area contributed by atoms with E-state index in [0.29, 0.717) is 16.5 Å². The minimum absolute atomic E-state index is 0.0275. The SMILES string of the molecule is O=C1/C(=C/c2cccc(Cl)c2)SC(c2cccc(F)c2)N1CCCN1CCN(c2ncccn2)CC1. The highest BCUT2D eigenvalue weighted by Gasteiger charge is 2.37. The number of benzene rings is 2. The van der Waals surface area contributed by atoms with Gasteiger partial charge < -0.3 is 9.80 Å². The van der Waals surface area contributed by atoms with Gasteiger partial charge in [-0.1, -0.05) is 47.6 Å². The predicted molar refractivity (Wildman–Crippen MR) is 143 cm³/mol. The van der Waals surface area contributed by atoms with Crippen LogP contribution in [0.2, 0.25) is 5.02 Å². The number of hydrogen-bond donors (Lipinski definition) is 0. The van der Waals surface area contributed by atoms with Gasteiger partial charge in [-0.05, 0) is 60.5 Å². The Morgan fingerprint density at radius 1 is 1.00 bits per heavy atom. The summed E-state index contributed by atoms with van der Waals surface area (Å²) in [4.78, 5) is 29.2. The number of carbonyl (C=O) groups excluding carboxylic acids is 1. The van der Waals surface area contributed by atoms with Gasteiger partial charge in [0, 0.05) is 50.1 Å². The van der Waals surface area contributed by atoms with Crippen LogP contribution in [0.5, 0.6) is 0 Å². The van der Waals surface area contributed by atoms with Gasteiger partial charge in [-0.15, -0.1) is 0 Å². The minimum atomic E-state index is -0.298. The Morgan fingerprint density at radius 3 is 2.53 bits per heavy atom. The molecule has 0 aliphatic carbocycles. The molecule has 1 unspecified atom stereocenters. The van der Waals surface area contributed by atoms with Crippen molar-refractivity contribution in [3.63, 3.8) is 0 Å². The van der Waals surface area contributed by atoms with Crippen LogP contribution in [0.4, 0.5) is 10.3 Å². The lowest BCUT2D eigenvalue weighted by molar-refractivity contribution is -0.126. The summed E-state index contributed by atoms with van der Waals surface area (Å²) in [6.45, 7) is 5.09. The van der Waals surface area contributed by atoms with Gasteiger partial charge in [0.2, 0.25) is 5.95 Å². The molecule has 3 heterocycles. The molecule has 9 heteroatoms. The molecule has 2 aromatic carbocycles. The zero-order valence-corrected chi connectivity index (χ0v) is 21.3. The van der Waals surface area contributed by atoms with E-state index in [0.717, 1.165) is 56.2 Å². The summed E-state index contributed by atoms with van der Waals surface area (Å²) in [5.74, 6) is 0.446. The number of rotatable bonds is 7. The second kappa shape index (κ2) is 11.4. The van der Waals surface area contributed by atoms with Crippen LogP contribution in [0.15, 0.2) is 71.9 Å². The Morgan fingerprint density at radius 2 is 1.78 bits per heavy atom. The highest BCUT2D eigenvalue weighted by atomic mass is 35.5. The maximum Gasteiger partial charge on any atom is 0.261 e. The summed E-state index contributed by atoms with van der Waals surface area (Å²) in [6.07, 6.45) is 6.24. The first-order chi connectivity index (χ1) is 17.6. The molecule has 2 saturated heterocycles. The Hall–Kier alpha value is -2.94. The summed E-state index contributed by atoms with van der Waals surface area (Å²) in [7, 11) is 0. The van der Waals surface area contributed by atoms with E-state index in [1.165, 1.54) is 23.9 Å². The van der Waals surface area contributed by atoms with Crippen molar-refractivity contribution < 1.29 is 9.18 Å². The summed E-state index contributed by atoms with van der Waals surface area (Å²) in [5.41, 5.74) is 1.66. The van der Waals surface area contributed by atoms with E-state index in [4.69, 9.17) is 11.6 Å². The molecular weight excluding hydrogens is 497 g/mol. The van der Waals surface area contributed by atoms with Crippen LogP contribution in [0.3, 0.4) is 0 Å². The van der Waals surface area contributed by atoms with Gasteiger partial charge in [-0.25, -0.2) is 14.4 Å². The third-order valence-corrected chi connectivity index (χ3v) is 7.89. The van der Waals surface area contributed by atoms with Crippen molar-refractivity contribution in [1.82, 2.24) is 19.8 Å². The van der Waals surface area contributed by atoms with E-state index in [-0.39, 0.29) is 17.1 Å². The van der Waals surface area contributed by atoms with Gasteiger partial charge in [0.15, 0.2) is 0 Å². The number of amides is 1. The summed E-state index contributed by atoms with van der Waals surface area (Å²) in [6, 6.07) is 15.8. The monoisotopic (exact) mass is 523 g/mol. The number of anilines is 1. The Balaban J connectivity index is 1.24. The molecule has 2 fully saturated rings. The fourth-order valence-electron chi connectivity index (χ4n) is 4.54. The molecule has 5 rings (SSSR count). The molecule has 186 valence electrons. The van der Waals surface area contributed by atoms with Crippen LogP contribution < -0.4 is 4.90 Å². The molecule has 0 saturated carbocycles. The Bertz CT molecular complexity index is 1240. The molecule has 6 nitrogen and oxygen atoms in total. The Labute approximate surface area is 219 Å². The van der Waals surface area contributed by atoms with Crippen LogP contribution in [-0.4, -0.2) is 64.9 Å². The van der Waals surface area contributed by atoms with E-state index in [1.807, 2.05) is 47.4 Å². The van der Waals surface area contributed by atoms with E-state index >= 15 is 0 Å². The summed E-state index contributed by atoms with van der Waals surface area (Å²) in [5, 5.41) is 0.364. The fourth-order valence-corrected chi connectivity index (χ4v) is 6.02. The zero-order valence-electron chi connectivity index (χ0n) is 19.8. The number of hydrogen-bond acceptors (Lipinski definition) is 6. The van der Waals surface area contributed by atoms with E-state index in [1.54, 1.807) is 18.5 Å². The van der Waals surface area contributed by atoms with Gasteiger partial charge in [-0.2, -0.15) is 0 Å². The normalized spacial score (nSPS) is 19.9. The number of thioether (sulfide) groups is 1. The number of halogens is 2. The number of carbonyl (C=O) groups is 1. The first-order valence-corrected chi connectivity index (χ1v) is 13.3. The Kier molecular flexibility index (Phi) is 7.84. The van der Waals surface area contributed by atoms with E-state index < -0.39 is 0 Å². The van der Waals surface area contributed by atoms with Gasteiger partial charge in [0.05, 0.1) is 4.91 Å². The molecule has 0 radical (unpaired) electrons. The molecule has 0 spiro atoms. The average Bonchev–Trinajstić information content (AvgIpc) is 3.20. The zero-order chi connectivity index (χ0) is 24.9. The molecule has 36 heavy (non-hydrogen) atoms. The molecule has 3 aromatic rings. The van der Waals surface area contributed by atoms with Crippen molar-refractivity contribution in [2.45, 2.75) is 11.8 Å². The van der Waals surface area contributed by atoms with Gasteiger partial charge in [-0.3, -0.25) is 9.69 Å². The molecule has 2 aliphatic rings. The maximum absolute atomic E-state index is 14.0. The third-order valence-electron chi connectivity index (χ3n) is 6.35. The lowest BCUT2D eigenvalue weighted by Crippen LogP contribution is -2.47. The molecule has 1 amide bonds. The van der Waals surface area contributed by atoms with E-state index in [2.05, 4.69) is 19.8 Å². The molecule has 1 aromatic heterocycles. The van der Waals surface area contributed by atoms with Gasteiger partial charge in [0.25, 0.3) is 5.91 Å². The molecule has 0 bridgehead atoms. The second-order valence-corrected chi connectivity index (χ2v) is 10.4. The topological polar surface area (TPSA) is 52.6 Å². The minimum Gasteiger partial charge on any atom is -0.338 e. The van der Waals surface area contributed by atoms with Crippen molar-refractivity contribution in [3.8, 4) is 0 Å². The standard InChI is InChI=1S/C27H27ClFN5OS/c28-22-7-1-5-20(17-22)18-24-25(35)34(26(36-24)21-6-2-8-23(29)19-21)12-4-11-32-13-15-33(16-14-32)27-30-9-3-10-31-27/h1-3,5-10,17-19,26H,4,11-16H2/b24-18-. The van der Waals surface area contributed by atoms with Gasteiger partial charge in [0.1, 0.15) is 11.2 Å². The van der Waals surface area contributed by atoms with Crippen LogP contribution in [0.25, 0.3) is 6.08 Å². The molecule has 1 atom stereocenters. The highest BCUT2D eigenvalue weighted by Crippen LogP contribution is 2.46. The number of aromatic nitrogens is 2.